The fourth-order valence-corrected chi connectivity index (χ4v) is 8.81. The van der Waals surface area contributed by atoms with Crippen molar-refractivity contribution in [2.75, 3.05) is 23.5 Å². The number of anilines is 2. The number of amides is 2. The second-order valence-corrected chi connectivity index (χ2v) is 17.9. The van der Waals surface area contributed by atoms with Crippen LogP contribution in [0.4, 0.5) is 11.4 Å². The van der Waals surface area contributed by atoms with Crippen LogP contribution in [0.5, 0.6) is 5.75 Å². The topological polar surface area (TPSA) is 129 Å². The van der Waals surface area contributed by atoms with Crippen LogP contribution in [0.2, 0.25) is 0 Å². The highest BCUT2D eigenvalue weighted by molar-refractivity contribution is 8.01. The van der Waals surface area contributed by atoms with E-state index < -0.39 is 4.75 Å². The molecule has 0 unspecified atom stereocenters. The van der Waals surface area contributed by atoms with Crippen molar-refractivity contribution < 1.29 is 17.2 Å². The quantitative estimate of drug-likeness (QED) is 0.0966. The van der Waals surface area contributed by atoms with Crippen LogP contribution >= 0.6 is 46.2 Å². The third-order valence-corrected chi connectivity index (χ3v) is 12.5. The van der Waals surface area contributed by atoms with Crippen LogP contribution in [0.3, 0.4) is 0 Å². The first-order chi connectivity index (χ1) is 30.3. The van der Waals surface area contributed by atoms with Gasteiger partial charge in [0.05, 0.1) is 30.7 Å². The zero-order valence-corrected chi connectivity index (χ0v) is 38.4. The van der Waals surface area contributed by atoms with Gasteiger partial charge < -0.3 is 15.4 Å². The van der Waals surface area contributed by atoms with Crippen LogP contribution in [-0.4, -0.2) is 59.0 Å². The summed E-state index contributed by atoms with van der Waals surface area (Å²) in [6.07, 6.45) is 0. The molecule has 11 nitrogen and oxygen atoms in total. The Hall–Kier alpha value is -6.00. The molecule has 0 fully saturated rings. The SMILES string of the molecule is CC.CC(C)(Sc1nnc(-c2ccsc2)n1Cc1ccccc1)C(=O)Nc1ccccc1.COc1ccc(Cn2c(SCC(=O)Nc3ccccc3)nnc2-c2ccsc2)cc1.[HH].[HH]. The first-order valence-electron chi connectivity index (χ1n) is 19.9. The number of aromatic nitrogens is 6. The van der Waals surface area contributed by atoms with E-state index in [0.29, 0.717) is 23.4 Å². The summed E-state index contributed by atoms with van der Waals surface area (Å²) < 4.78 is 8.64. The normalized spacial score (nSPS) is 10.8. The zero-order valence-electron chi connectivity index (χ0n) is 35.1. The molecule has 4 aromatic carbocycles. The van der Waals surface area contributed by atoms with Crippen molar-refractivity contribution in [3.63, 3.8) is 0 Å². The number of ether oxygens (including phenoxy) is 1. The summed E-state index contributed by atoms with van der Waals surface area (Å²) in [6.45, 7) is 9.05. The Labute approximate surface area is 382 Å². The fraction of sp³-hybridized carbons (Fsp3) is 0.191. The fourth-order valence-electron chi connectivity index (χ4n) is 5.86. The number of hydrogen-bond donors (Lipinski definition) is 2. The van der Waals surface area contributed by atoms with Crippen molar-refractivity contribution in [2.24, 2.45) is 0 Å². The smallest absolute Gasteiger partial charge is 0.240 e. The molecule has 8 rings (SSSR count). The molecule has 2 N–H and O–H groups in total. The molecule has 0 aliphatic carbocycles. The number of nitrogens with zero attached hydrogens (tertiary/aromatic N) is 6. The minimum atomic E-state index is -0.733. The monoisotopic (exact) mass is 904 g/mol. The lowest BCUT2D eigenvalue weighted by Crippen LogP contribution is -2.34. The summed E-state index contributed by atoms with van der Waals surface area (Å²) in [6, 6.07) is 41.1. The summed E-state index contributed by atoms with van der Waals surface area (Å²) >= 11 is 6.03. The van der Waals surface area contributed by atoms with Gasteiger partial charge >= 0.3 is 0 Å². The van der Waals surface area contributed by atoms with E-state index in [1.165, 1.54) is 23.5 Å². The van der Waals surface area contributed by atoms with Crippen molar-refractivity contribution in [3.8, 4) is 28.5 Å². The van der Waals surface area contributed by atoms with Gasteiger partial charge in [0.2, 0.25) is 11.8 Å². The number of carbonyl (C=O) groups excluding carboxylic acids is 2. The number of benzene rings is 4. The third-order valence-electron chi connectivity index (χ3n) is 8.99. The van der Waals surface area contributed by atoms with Gasteiger partial charge in [-0.05, 0) is 84.3 Å². The van der Waals surface area contributed by atoms with Gasteiger partial charge in [0.15, 0.2) is 22.0 Å². The van der Waals surface area contributed by atoms with E-state index in [9.17, 15) is 9.59 Å². The van der Waals surface area contributed by atoms with Crippen LogP contribution in [0, 0.1) is 0 Å². The lowest BCUT2D eigenvalue weighted by Gasteiger charge is -2.23. The number of thiophene rings is 2. The molecule has 0 saturated carbocycles. The predicted octanol–water partition coefficient (Wildman–Crippen LogP) is 11.9. The Morgan fingerprint density at radius 2 is 1.13 bits per heavy atom. The average Bonchev–Trinajstić information content (AvgIpc) is 4.15. The van der Waals surface area contributed by atoms with E-state index >= 15 is 0 Å². The molecule has 4 heterocycles. The number of para-hydroxylation sites is 2. The molecule has 0 aliphatic rings. The van der Waals surface area contributed by atoms with E-state index in [2.05, 4.69) is 53.1 Å². The number of carbonyl (C=O) groups is 2. The summed E-state index contributed by atoms with van der Waals surface area (Å²) in [5, 5.41) is 33.1. The molecule has 62 heavy (non-hydrogen) atoms. The van der Waals surface area contributed by atoms with E-state index in [4.69, 9.17) is 4.74 Å². The number of methoxy groups -OCH3 is 1. The van der Waals surface area contributed by atoms with Crippen molar-refractivity contribution in [1.82, 2.24) is 29.5 Å². The largest absolute Gasteiger partial charge is 0.497 e. The average molecular weight is 905 g/mol. The summed E-state index contributed by atoms with van der Waals surface area (Å²) in [7, 11) is 1.65. The standard InChI is InChI=1S/C23H22N4OS2.C22H20N4O2S2.C2H6.2H2/c1-23(2,21(28)24-19-11-7-4-8-12-19)30-22-26-25-20(18-13-14-29-16-18)27(22)15-17-9-5-3-6-10-17;1-28-19-9-7-16(8-10-19)13-26-21(17-11-12-29-14-17)24-25-22(26)30-15-20(27)23-18-5-3-2-4-6-18;1-2;;/h3-14,16H,15H2,1-2H3,(H,24,28);2-12,14H,13,15H2,1H3,(H,23,27);1-2H3;2*1H. The predicted molar refractivity (Wildman–Crippen MR) is 261 cm³/mol. The summed E-state index contributed by atoms with van der Waals surface area (Å²) in [5.74, 6) is 2.50. The van der Waals surface area contributed by atoms with Crippen LogP contribution in [-0.2, 0) is 22.7 Å². The molecule has 322 valence electrons. The molecule has 0 spiro atoms. The zero-order chi connectivity index (χ0) is 43.7. The highest BCUT2D eigenvalue weighted by atomic mass is 32.2. The number of hydrogen-bond acceptors (Lipinski definition) is 11. The lowest BCUT2D eigenvalue weighted by molar-refractivity contribution is -0.117. The van der Waals surface area contributed by atoms with Gasteiger partial charge in [0, 0.05) is 36.1 Å². The van der Waals surface area contributed by atoms with Gasteiger partial charge in [-0.2, -0.15) is 22.7 Å². The van der Waals surface area contributed by atoms with Crippen molar-refractivity contribution in [3.05, 3.63) is 160 Å². The van der Waals surface area contributed by atoms with Crippen molar-refractivity contribution >= 4 is 69.4 Å². The minimum Gasteiger partial charge on any atom is -0.497 e. The molecule has 0 saturated heterocycles. The van der Waals surface area contributed by atoms with Crippen molar-refractivity contribution in [1.29, 1.82) is 0 Å². The molecule has 4 aromatic heterocycles. The molecular weight excluding hydrogens is 853 g/mol. The Morgan fingerprint density at radius 3 is 1.65 bits per heavy atom. The van der Waals surface area contributed by atoms with Gasteiger partial charge in [0.25, 0.3) is 0 Å². The van der Waals surface area contributed by atoms with E-state index in [1.54, 1.807) is 29.8 Å². The maximum absolute atomic E-state index is 13.0. The van der Waals surface area contributed by atoms with Crippen molar-refractivity contribution in [2.45, 2.75) is 55.8 Å². The Bertz CT molecular complexity index is 2580. The van der Waals surface area contributed by atoms with E-state index in [-0.39, 0.29) is 20.4 Å². The minimum absolute atomic E-state index is 0. The van der Waals surface area contributed by atoms with Gasteiger partial charge in [0.1, 0.15) is 5.75 Å². The number of rotatable bonds is 15. The van der Waals surface area contributed by atoms with Gasteiger partial charge in [-0.3, -0.25) is 18.7 Å². The van der Waals surface area contributed by atoms with Crippen LogP contribution in [0.25, 0.3) is 22.8 Å². The van der Waals surface area contributed by atoms with Gasteiger partial charge in [-0.1, -0.05) is 116 Å². The Morgan fingerprint density at radius 1 is 0.645 bits per heavy atom. The molecule has 0 atom stereocenters. The number of thioether (sulfide) groups is 2. The molecule has 2 amide bonds. The maximum atomic E-state index is 13.0. The highest BCUT2D eigenvalue weighted by Crippen LogP contribution is 2.35. The first kappa shape index (κ1) is 45.5. The van der Waals surface area contributed by atoms with Gasteiger partial charge in [-0.15, -0.1) is 20.4 Å². The lowest BCUT2D eigenvalue weighted by atomic mass is 10.2. The van der Waals surface area contributed by atoms with E-state index in [0.717, 1.165) is 51.0 Å². The van der Waals surface area contributed by atoms with Crippen LogP contribution in [0.1, 0.15) is 41.7 Å². The maximum Gasteiger partial charge on any atom is 0.240 e. The molecule has 0 radical (unpaired) electrons. The third kappa shape index (κ3) is 12.5. The second-order valence-electron chi connectivity index (χ2n) is 13.8. The first-order valence-corrected chi connectivity index (χ1v) is 23.6. The Balaban J connectivity index is 0.000000262. The van der Waals surface area contributed by atoms with Gasteiger partial charge in [-0.25, -0.2) is 0 Å². The molecule has 15 heteroatoms. The number of nitrogens with one attached hydrogen (secondary N) is 2. The van der Waals surface area contributed by atoms with E-state index in [1.807, 2.05) is 164 Å². The van der Waals surface area contributed by atoms with Crippen LogP contribution in [0.15, 0.2) is 159 Å². The summed E-state index contributed by atoms with van der Waals surface area (Å²) in [4.78, 5) is 25.3. The summed E-state index contributed by atoms with van der Waals surface area (Å²) in [5.41, 5.74) is 5.86. The second kappa shape index (κ2) is 22.7. The Kier molecular flexibility index (Phi) is 16.7. The molecular formula is C47H52N8O3S4. The van der Waals surface area contributed by atoms with Crippen LogP contribution < -0.4 is 15.4 Å². The molecule has 0 aliphatic heterocycles. The molecule has 0 bridgehead atoms. The molecule has 8 aromatic rings. The highest BCUT2D eigenvalue weighted by Gasteiger charge is 2.32.